The van der Waals surface area contributed by atoms with Crippen LogP contribution in [0.15, 0.2) is 29.8 Å². The second kappa shape index (κ2) is 7.47. The molecule has 0 atom stereocenters. The van der Waals surface area contributed by atoms with Crippen LogP contribution in [-0.4, -0.2) is 29.3 Å². The quantitative estimate of drug-likeness (QED) is 0.391. The van der Waals surface area contributed by atoms with Crippen molar-refractivity contribution >= 4 is 18.0 Å². The van der Waals surface area contributed by atoms with E-state index < -0.39 is 11.9 Å². The molecule has 0 aliphatic carbocycles. The van der Waals surface area contributed by atoms with Gasteiger partial charge in [-0.05, 0) is 51.5 Å². The third-order valence-electron chi connectivity index (χ3n) is 2.31. The number of hydrogen-bond donors (Lipinski definition) is 1. The van der Waals surface area contributed by atoms with E-state index in [0.717, 1.165) is 0 Å². The number of carbonyl (C=O) groups is 2. The van der Waals surface area contributed by atoms with Gasteiger partial charge in [0.15, 0.2) is 0 Å². The Morgan fingerprint density at radius 1 is 1.05 bits per heavy atom. The van der Waals surface area contributed by atoms with Gasteiger partial charge in [-0.1, -0.05) is 12.1 Å². The molecule has 0 saturated carbocycles. The van der Waals surface area contributed by atoms with Gasteiger partial charge in [-0.25, -0.2) is 9.59 Å². The van der Waals surface area contributed by atoms with E-state index in [9.17, 15) is 14.7 Å². The van der Waals surface area contributed by atoms with Gasteiger partial charge < -0.3 is 14.6 Å². The number of aromatic hydroxyl groups is 1. The van der Waals surface area contributed by atoms with E-state index in [4.69, 9.17) is 9.47 Å². The zero-order valence-electron chi connectivity index (χ0n) is 12.6. The van der Waals surface area contributed by atoms with E-state index in [2.05, 4.69) is 0 Å². The highest BCUT2D eigenvalue weighted by Crippen LogP contribution is 2.16. The van der Waals surface area contributed by atoms with Crippen LogP contribution in [0, 0.1) is 0 Å². The molecule has 1 aromatic rings. The van der Waals surface area contributed by atoms with E-state index in [1.807, 2.05) is 0 Å². The predicted octanol–water partition coefficient (Wildman–Crippen LogP) is 2.68. The highest BCUT2D eigenvalue weighted by molar-refractivity contribution is 6.17. The van der Waals surface area contributed by atoms with Crippen molar-refractivity contribution in [1.29, 1.82) is 0 Å². The van der Waals surface area contributed by atoms with Crippen LogP contribution in [0.25, 0.3) is 6.08 Å². The molecule has 0 aliphatic heterocycles. The third kappa shape index (κ3) is 5.69. The van der Waals surface area contributed by atoms with Crippen molar-refractivity contribution in [3.05, 3.63) is 35.4 Å². The lowest BCUT2D eigenvalue weighted by Crippen LogP contribution is -2.23. The fraction of sp³-hybridized carbons (Fsp3) is 0.375. The van der Waals surface area contributed by atoms with Crippen molar-refractivity contribution in [3.8, 4) is 5.75 Å². The van der Waals surface area contributed by atoms with Crippen LogP contribution in [0.3, 0.4) is 0 Å². The molecule has 0 saturated heterocycles. The Kier molecular flexibility index (Phi) is 5.96. The first-order valence-electron chi connectivity index (χ1n) is 6.72. The van der Waals surface area contributed by atoms with Crippen molar-refractivity contribution < 1.29 is 24.2 Å². The standard InChI is InChI=1S/C16H20O5/c1-10(2)20-15(18)14(16(19)21-11(3)4)9-12-6-5-7-13(17)8-12/h5-11,17H,1-4H3. The summed E-state index contributed by atoms with van der Waals surface area (Å²) in [6, 6.07) is 6.20. The molecule has 0 bridgehead atoms. The Labute approximate surface area is 124 Å². The van der Waals surface area contributed by atoms with E-state index in [1.54, 1.807) is 39.8 Å². The minimum Gasteiger partial charge on any atom is -0.508 e. The van der Waals surface area contributed by atoms with Crippen molar-refractivity contribution in [2.24, 2.45) is 0 Å². The monoisotopic (exact) mass is 292 g/mol. The van der Waals surface area contributed by atoms with Gasteiger partial charge in [0.1, 0.15) is 11.3 Å². The van der Waals surface area contributed by atoms with Crippen molar-refractivity contribution in [2.45, 2.75) is 39.9 Å². The average molecular weight is 292 g/mol. The van der Waals surface area contributed by atoms with Crippen LogP contribution in [0.2, 0.25) is 0 Å². The van der Waals surface area contributed by atoms with Crippen LogP contribution in [0.1, 0.15) is 33.3 Å². The summed E-state index contributed by atoms with van der Waals surface area (Å²) < 4.78 is 10.1. The second-order valence-corrected chi connectivity index (χ2v) is 5.06. The first-order valence-corrected chi connectivity index (χ1v) is 6.72. The van der Waals surface area contributed by atoms with Crippen LogP contribution in [0.5, 0.6) is 5.75 Å². The average Bonchev–Trinajstić information content (AvgIpc) is 2.34. The number of ether oxygens (including phenoxy) is 2. The molecule has 0 amide bonds. The maximum atomic E-state index is 12.0. The van der Waals surface area contributed by atoms with Gasteiger partial charge in [-0.2, -0.15) is 0 Å². The van der Waals surface area contributed by atoms with Crippen LogP contribution < -0.4 is 0 Å². The van der Waals surface area contributed by atoms with Crippen LogP contribution in [-0.2, 0) is 19.1 Å². The molecule has 0 aliphatic rings. The van der Waals surface area contributed by atoms with E-state index in [-0.39, 0.29) is 23.5 Å². The molecule has 1 N–H and O–H groups in total. The van der Waals surface area contributed by atoms with Gasteiger partial charge in [0.05, 0.1) is 12.2 Å². The van der Waals surface area contributed by atoms with Gasteiger partial charge in [0.25, 0.3) is 0 Å². The fourth-order valence-electron chi connectivity index (χ4n) is 1.54. The Balaban J connectivity index is 3.11. The summed E-state index contributed by atoms with van der Waals surface area (Å²) in [5, 5.41) is 9.43. The van der Waals surface area contributed by atoms with Gasteiger partial charge in [0, 0.05) is 0 Å². The molecule has 1 rings (SSSR count). The number of hydrogen-bond acceptors (Lipinski definition) is 5. The molecule has 114 valence electrons. The SMILES string of the molecule is CC(C)OC(=O)C(=Cc1cccc(O)c1)C(=O)OC(C)C. The molecule has 0 aromatic heterocycles. The summed E-state index contributed by atoms with van der Waals surface area (Å²) in [6.45, 7) is 6.77. The number of esters is 2. The van der Waals surface area contributed by atoms with Gasteiger partial charge >= 0.3 is 11.9 Å². The smallest absolute Gasteiger partial charge is 0.345 e. The zero-order chi connectivity index (χ0) is 16.0. The lowest BCUT2D eigenvalue weighted by molar-refractivity contribution is -0.150. The molecule has 0 spiro atoms. The van der Waals surface area contributed by atoms with Gasteiger partial charge in [-0.15, -0.1) is 0 Å². The minimum absolute atomic E-state index is 0.0394. The molecule has 0 radical (unpaired) electrons. The van der Waals surface area contributed by atoms with Crippen molar-refractivity contribution in [1.82, 2.24) is 0 Å². The third-order valence-corrected chi connectivity index (χ3v) is 2.31. The largest absolute Gasteiger partial charge is 0.508 e. The topological polar surface area (TPSA) is 72.8 Å². The highest BCUT2D eigenvalue weighted by Gasteiger charge is 2.23. The maximum Gasteiger partial charge on any atom is 0.345 e. The van der Waals surface area contributed by atoms with E-state index >= 15 is 0 Å². The normalized spacial score (nSPS) is 10.4. The number of carbonyl (C=O) groups excluding carboxylic acids is 2. The molecule has 5 heteroatoms. The Morgan fingerprint density at radius 3 is 2.00 bits per heavy atom. The summed E-state index contributed by atoms with van der Waals surface area (Å²) in [5.74, 6) is -1.46. The van der Waals surface area contributed by atoms with Crippen molar-refractivity contribution in [2.75, 3.05) is 0 Å². The lowest BCUT2D eigenvalue weighted by atomic mass is 10.1. The molecule has 21 heavy (non-hydrogen) atoms. The summed E-state index contributed by atoms with van der Waals surface area (Å²) in [6.07, 6.45) is 0.642. The second-order valence-electron chi connectivity index (χ2n) is 5.06. The number of phenols is 1. The predicted molar refractivity (Wildman–Crippen MR) is 78.5 cm³/mol. The van der Waals surface area contributed by atoms with Gasteiger partial charge in [-0.3, -0.25) is 0 Å². The Bertz CT molecular complexity index is 519. The van der Waals surface area contributed by atoms with E-state index in [0.29, 0.717) is 5.56 Å². The number of benzene rings is 1. The molecular weight excluding hydrogens is 272 g/mol. The summed E-state index contributed by atoms with van der Waals surface area (Å²) in [7, 11) is 0. The summed E-state index contributed by atoms with van der Waals surface area (Å²) in [4.78, 5) is 24.0. The van der Waals surface area contributed by atoms with Gasteiger partial charge in [0.2, 0.25) is 0 Å². The Morgan fingerprint density at radius 2 is 1.57 bits per heavy atom. The zero-order valence-corrected chi connectivity index (χ0v) is 12.6. The van der Waals surface area contributed by atoms with E-state index in [1.165, 1.54) is 18.2 Å². The number of rotatable bonds is 5. The fourth-order valence-corrected chi connectivity index (χ4v) is 1.54. The van der Waals surface area contributed by atoms with Crippen LogP contribution >= 0.6 is 0 Å². The highest BCUT2D eigenvalue weighted by atomic mass is 16.6. The maximum absolute atomic E-state index is 12.0. The number of phenolic OH excluding ortho intramolecular Hbond substituents is 1. The molecule has 1 aromatic carbocycles. The summed E-state index contributed by atoms with van der Waals surface area (Å²) >= 11 is 0. The van der Waals surface area contributed by atoms with Crippen LogP contribution in [0.4, 0.5) is 0 Å². The van der Waals surface area contributed by atoms with Crippen molar-refractivity contribution in [3.63, 3.8) is 0 Å². The molecule has 5 nitrogen and oxygen atoms in total. The molecular formula is C16H20O5. The first kappa shape index (κ1) is 16.8. The molecule has 0 fully saturated rings. The minimum atomic E-state index is -0.751. The molecule has 0 unspecified atom stereocenters. The molecule has 0 heterocycles. The first-order chi connectivity index (χ1) is 9.79. The summed E-state index contributed by atoms with van der Waals surface area (Å²) in [5.41, 5.74) is 0.300. The lowest BCUT2D eigenvalue weighted by Gasteiger charge is -2.12. The Hall–Kier alpha value is -2.30.